The Morgan fingerprint density at radius 1 is 1.14 bits per heavy atom. The number of aryl methyl sites for hydroxylation is 1. The van der Waals surface area contributed by atoms with Crippen LogP contribution in [0.5, 0.6) is 0 Å². The molecule has 0 unspecified atom stereocenters. The first kappa shape index (κ1) is 20.3. The van der Waals surface area contributed by atoms with Crippen molar-refractivity contribution < 1.29 is 4.79 Å². The number of nitrogens with zero attached hydrogens (tertiary/aromatic N) is 1. The van der Waals surface area contributed by atoms with E-state index in [0.29, 0.717) is 12.3 Å². The second-order valence-corrected chi connectivity index (χ2v) is 8.04. The van der Waals surface area contributed by atoms with E-state index < -0.39 is 0 Å². The molecule has 1 heterocycles. The van der Waals surface area contributed by atoms with Crippen molar-refractivity contribution in [3.05, 3.63) is 77.5 Å². The summed E-state index contributed by atoms with van der Waals surface area (Å²) in [5.41, 5.74) is 5.54. The number of nitrogens with one attached hydrogen (secondary N) is 1. The molecule has 2 aromatic carbocycles. The van der Waals surface area contributed by atoms with E-state index in [9.17, 15) is 4.79 Å². The van der Waals surface area contributed by atoms with Gasteiger partial charge in [0.15, 0.2) is 5.78 Å². The van der Waals surface area contributed by atoms with Gasteiger partial charge in [-0.3, -0.25) is 4.79 Å². The predicted molar refractivity (Wildman–Crippen MR) is 118 cm³/mol. The molecule has 1 N–H and O–H groups in total. The highest BCUT2D eigenvalue weighted by Crippen LogP contribution is 2.30. The molecule has 0 amide bonds. The molecule has 28 heavy (non-hydrogen) atoms. The van der Waals surface area contributed by atoms with E-state index in [0.717, 1.165) is 43.0 Å². The third-order valence-corrected chi connectivity index (χ3v) is 5.56. The molecule has 0 aliphatic carbocycles. The molecule has 2 aromatic rings. The minimum atomic E-state index is 0.261. The summed E-state index contributed by atoms with van der Waals surface area (Å²) < 4.78 is 0. The number of allylic oxidation sites excluding steroid dienone is 1. The van der Waals surface area contributed by atoms with Gasteiger partial charge in [0.05, 0.1) is 0 Å². The highest BCUT2D eigenvalue weighted by atomic mass is 16.1. The molecule has 1 aliphatic rings. The maximum absolute atomic E-state index is 12.3. The van der Waals surface area contributed by atoms with Crippen LogP contribution in [0, 0.1) is 6.92 Å². The number of hydrogen-bond donors (Lipinski definition) is 1. The van der Waals surface area contributed by atoms with Crippen molar-refractivity contribution in [3.63, 3.8) is 0 Å². The molecule has 1 saturated heterocycles. The average Bonchev–Trinajstić information content (AvgIpc) is 2.69. The Kier molecular flexibility index (Phi) is 7.05. The van der Waals surface area contributed by atoms with E-state index in [4.69, 9.17) is 0 Å². The van der Waals surface area contributed by atoms with Crippen LogP contribution in [0.15, 0.2) is 60.8 Å². The molecule has 0 radical (unpaired) electrons. The lowest BCUT2D eigenvalue weighted by Gasteiger charge is -2.32. The smallest absolute Gasteiger partial charge is 0.162 e. The van der Waals surface area contributed by atoms with Gasteiger partial charge in [-0.05, 0) is 76.4 Å². The number of likely N-dealkylation sites (tertiary alicyclic amines) is 1. The van der Waals surface area contributed by atoms with Gasteiger partial charge < -0.3 is 10.2 Å². The summed E-state index contributed by atoms with van der Waals surface area (Å²) in [7, 11) is 0. The largest absolute Gasteiger partial charge is 0.360 e. The summed E-state index contributed by atoms with van der Waals surface area (Å²) >= 11 is 0. The number of carbonyl (C=O) groups is 1. The molecule has 0 aromatic heterocycles. The van der Waals surface area contributed by atoms with Crippen molar-refractivity contribution in [2.24, 2.45) is 0 Å². The van der Waals surface area contributed by atoms with E-state index in [2.05, 4.69) is 41.1 Å². The zero-order chi connectivity index (χ0) is 19.9. The Bertz CT molecular complexity index is 802. The lowest BCUT2D eigenvalue weighted by Crippen LogP contribution is -2.33. The molecule has 3 nitrogen and oxygen atoms in total. The van der Waals surface area contributed by atoms with E-state index in [1.807, 2.05) is 38.1 Å². The summed E-state index contributed by atoms with van der Waals surface area (Å²) in [5, 5.41) is 3.31. The number of ketones is 1. The minimum absolute atomic E-state index is 0.261. The number of benzene rings is 2. The van der Waals surface area contributed by atoms with Gasteiger partial charge in [0.1, 0.15) is 0 Å². The lowest BCUT2D eigenvalue weighted by molar-refractivity contribution is 0.0972. The molecular weight excluding hydrogens is 344 g/mol. The average molecular weight is 377 g/mol. The molecular formula is C25H32N2O. The Morgan fingerprint density at radius 3 is 2.54 bits per heavy atom. The van der Waals surface area contributed by atoms with Gasteiger partial charge in [-0.15, -0.1) is 0 Å². The maximum Gasteiger partial charge on any atom is 0.162 e. The number of hydrogen-bond acceptors (Lipinski definition) is 3. The highest BCUT2D eigenvalue weighted by molar-refractivity contribution is 5.96. The predicted octanol–water partition coefficient (Wildman–Crippen LogP) is 5.78. The molecule has 0 atom stereocenters. The van der Waals surface area contributed by atoms with Crippen molar-refractivity contribution in [2.45, 2.75) is 45.4 Å². The van der Waals surface area contributed by atoms with Gasteiger partial charge in [-0.2, -0.15) is 0 Å². The summed E-state index contributed by atoms with van der Waals surface area (Å²) in [6.45, 7) is 11.2. The van der Waals surface area contributed by atoms with Gasteiger partial charge >= 0.3 is 0 Å². The second kappa shape index (κ2) is 9.70. The van der Waals surface area contributed by atoms with Gasteiger partial charge in [0, 0.05) is 23.4 Å². The summed E-state index contributed by atoms with van der Waals surface area (Å²) in [6, 6.07) is 16.6. The van der Waals surface area contributed by atoms with Crippen LogP contribution in [0.1, 0.15) is 60.0 Å². The van der Waals surface area contributed by atoms with Crippen molar-refractivity contribution in [2.75, 3.05) is 25.0 Å². The van der Waals surface area contributed by atoms with Crippen LogP contribution in [0.2, 0.25) is 0 Å². The van der Waals surface area contributed by atoms with E-state index >= 15 is 0 Å². The normalized spacial score (nSPS) is 15.4. The van der Waals surface area contributed by atoms with Gasteiger partial charge in [0.25, 0.3) is 0 Å². The van der Waals surface area contributed by atoms with Crippen LogP contribution in [-0.4, -0.2) is 30.3 Å². The van der Waals surface area contributed by atoms with E-state index in [-0.39, 0.29) is 5.78 Å². The molecule has 3 rings (SSSR count). The first-order valence-electron chi connectivity index (χ1n) is 10.4. The van der Waals surface area contributed by atoms with E-state index in [1.165, 1.54) is 24.0 Å². The lowest BCUT2D eigenvalue weighted by atomic mass is 9.89. The fourth-order valence-electron chi connectivity index (χ4n) is 3.95. The van der Waals surface area contributed by atoms with Crippen molar-refractivity contribution >= 4 is 11.5 Å². The maximum atomic E-state index is 12.3. The highest BCUT2D eigenvalue weighted by Gasteiger charge is 2.20. The Labute approximate surface area is 169 Å². The first-order valence-corrected chi connectivity index (χ1v) is 10.4. The Hall–Kier alpha value is -2.39. The van der Waals surface area contributed by atoms with Crippen LogP contribution in [0.4, 0.5) is 5.69 Å². The van der Waals surface area contributed by atoms with Crippen molar-refractivity contribution in [1.29, 1.82) is 0 Å². The third kappa shape index (κ3) is 5.80. The van der Waals surface area contributed by atoms with Crippen LogP contribution < -0.4 is 5.32 Å². The number of piperidine rings is 1. The number of anilines is 1. The fourth-order valence-corrected chi connectivity index (χ4v) is 3.95. The SMILES string of the molecule is C=C(C)Nc1cccc(C2CCN(CCCC(=O)c3ccc(C)cc3)CC2)c1. The van der Waals surface area contributed by atoms with Crippen molar-refractivity contribution in [1.82, 2.24) is 4.90 Å². The van der Waals surface area contributed by atoms with Gasteiger partial charge in [0.2, 0.25) is 0 Å². The number of Topliss-reactive ketones (excluding diaryl/α,β-unsaturated/α-hetero) is 1. The van der Waals surface area contributed by atoms with Gasteiger partial charge in [-0.1, -0.05) is 48.5 Å². The fraction of sp³-hybridized carbons (Fsp3) is 0.400. The third-order valence-electron chi connectivity index (χ3n) is 5.56. The van der Waals surface area contributed by atoms with Crippen LogP contribution >= 0.6 is 0 Å². The monoisotopic (exact) mass is 376 g/mol. The molecule has 1 fully saturated rings. The van der Waals surface area contributed by atoms with Crippen molar-refractivity contribution in [3.8, 4) is 0 Å². The molecule has 1 aliphatic heterocycles. The van der Waals surface area contributed by atoms with Gasteiger partial charge in [-0.25, -0.2) is 0 Å². The second-order valence-electron chi connectivity index (χ2n) is 8.04. The number of carbonyl (C=O) groups excluding carboxylic acids is 1. The Balaban J connectivity index is 1.42. The summed E-state index contributed by atoms with van der Waals surface area (Å²) in [4.78, 5) is 14.8. The minimum Gasteiger partial charge on any atom is -0.360 e. The topological polar surface area (TPSA) is 32.3 Å². The molecule has 0 spiro atoms. The zero-order valence-electron chi connectivity index (χ0n) is 17.2. The van der Waals surface area contributed by atoms with Crippen LogP contribution in [0.25, 0.3) is 0 Å². The quantitative estimate of drug-likeness (QED) is 0.592. The van der Waals surface area contributed by atoms with Crippen LogP contribution in [-0.2, 0) is 0 Å². The van der Waals surface area contributed by atoms with Crippen LogP contribution in [0.3, 0.4) is 0 Å². The number of rotatable bonds is 8. The summed E-state index contributed by atoms with van der Waals surface area (Å²) in [6.07, 6.45) is 3.94. The summed E-state index contributed by atoms with van der Waals surface area (Å²) in [5.74, 6) is 0.883. The molecule has 0 bridgehead atoms. The standard InChI is InChI=1S/C25H32N2O/c1-19(2)26-24-7-4-6-23(18-24)21-13-16-27(17-14-21)15-5-8-25(28)22-11-9-20(3)10-12-22/h4,6-7,9-12,18,21,26H,1,5,8,13-17H2,2-3H3. The molecule has 148 valence electrons. The molecule has 0 saturated carbocycles. The zero-order valence-corrected chi connectivity index (χ0v) is 17.2. The Morgan fingerprint density at radius 2 is 1.86 bits per heavy atom. The molecule has 3 heteroatoms. The first-order chi connectivity index (χ1) is 13.5. The van der Waals surface area contributed by atoms with E-state index in [1.54, 1.807) is 0 Å².